The number of hydrogen-bond acceptors (Lipinski definition) is 4. The van der Waals surface area contributed by atoms with Crippen molar-refractivity contribution in [1.29, 1.82) is 0 Å². The molecule has 146 valence electrons. The molecule has 2 fully saturated rings. The Kier molecular flexibility index (Phi) is 4.96. The Morgan fingerprint density at radius 2 is 1.93 bits per heavy atom. The van der Waals surface area contributed by atoms with E-state index in [0.717, 1.165) is 62.8 Å². The van der Waals surface area contributed by atoms with Gasteiger partial charge in [-0.1, -0.05) is 12.1 Å². The summed E-state index contributed by atoms with van der Waals surface area (Å²) in [6.07, 6.45) is -2.55. The molecule has 0 amide bonds. The van der Waals surface area contributed by atoms with Crippen LogP contribution in [0.4, 0.5) is 13.2 Å². The van der Waals surface area contributed by atoms with Gasteiger partial charge < -0.3 is 9.64 Å². The molecule has 2 aromatic rings. The predicted octanol–water partition coefficient (Wildman–Crippen LogP) is 2.86. The molecule has 2 saturated heterocycles. The summed E-state index contributed by atoms with van der Waals surface area (Å²) in [6, 6.07) is 5.70. The summed E-state index contributed by atoms with van der Waals surface area (Å²) in [7, 11) is 2.16. The number of nitrogens with one attached hydrogen (secondary N) is 1. The molecule has 4 rings (SSSR count). The molecule has 1 atom stereocenters. The first kappa shape index (κ1) is 18.5. The molecule has 0 saturated carbocycles. The van der Waals surface area contributed by atoms with Gasteiger partial charge in [0.1, 0.15) is 0 Å². The number of piperazine rings is 1. The van der Waals surface area contributed by atoms with Crippen LogP contribution in [0.5, 0.6) is 0 Å². The average molecular weight is 380 g/mol. The lowest BCUT2D eigenvalue weighted by Gasteiger charge is -2.45. The highest BCUT2D eigenvalue weighted by Crippen LogP contribution is 2.32. The number of alkyl halides is 3. The smallest absolute Gasteiger partial charge is 0.381 e. The minimum Gasteiger partial charge on any atom is -0.381 e. The number of aromatic nitrogens is 2. The minimum absolute atomic E-state index is 0.480. The van der Waals surface area contributed by atoms with Gasteiger partial charge >= 0.3 is 6.18 Å². The van der Waals surface area contributed by atoms with Gasteiger partial charge in [-0.05, 0) is 24.7 Å². The summed E-state index contributed by atoms with van der Waals surface area (Å²) >= 11 is 0. The molecule has 1 aromatic carbocycles. The van der Waals surface area contributed by atoms with E-state index >= 15 is 0 Å². The molecular weight excluding hydrogens is 357 g/mol. The third-order valence-corrected chi connectivity index (χ3v) is 5.60. The molecule has 0 spiro atoms. The maximum atomic E-state index is 12.8. The van der Waals surface area contributed by atoms with Crippen molar-refractivity contribution in [3.05, 3.63) is 41.6 Å². The number of H-pyrrole nitrogens is 1. The fraction of sp³-hybridized carbons (Fsp3) is 0.526. The largest absolute Gasteiger partial charge is 0.416 e. The van der Waals surface area contributed by atoms with Crippen LogP contribution in [0.15, 0.2) is 30.5 Å². The van der Waals surface area contributed by atoms with Gasteiger partial charge in [0.05, 0.1) is 30.7 Å². The van der Waals surface area contributed by atoms with Crippen LogP contribution in [-0.4, -0.2) is 65.9 Å². The van der Waals surface area contributed by atoms with Crippen molar-refractivity contribution >= 4 is 0 Å². The van der Waals surface area contributed by atoms with Gasteiger partial charge in [-0.15, -0.1) is 0 Å². The summed E-state index contributed by atoms with van der Waals surface area (Å²) in [5.41, 5.74) is 1.86. The molecule has 27 heavy (non-hydrogen) atoms. The summed E-state index contributed by atoms with van der Waals surface area (Å²) in [6.45, 7) is 5.29. The van der Waals surface area contributed by atoms with Gasteiger partial charge in [0.15, 0.2) is 0 Å². The number of hydrogen-bond donors (Lipinski definition) is 1. The van der Waals surface area contributed by atoms with E-state index in [1.165, 1.54) is 12.1 Å². The van der Waals surface area contributed by atoms with Gasteiger partial charge in [0, 0.05) is 43.7 Å². The van der Waals surface area contributed by atoms with Crippen molar-refractivity contribution in [3.8, 4) is 11.3 Å². The summed E-state index contributed by atoms with van der Waals surface area (Å²) in [4.78, 5) is 4.79. The van der Waals surface area contributed by atoms with E-state index in [4.69, 9.17) is 4.74 Å². The monoisotopic (exact) mass is 380 g/mol. The molecule has 0 bridgehead atoms. The molecule has 8 heteroatoms. The zero-order chi connectivity index (χ0) is 19.0. The Labute approximate surface area is 156 Å². The Morgan fingerprint density at radius 3 is 2.56 bits per heavy atom. The second-order valence-corrected chi connectivity index (χ2v) is 7.43. The average Bonchev–Trinajstić information content (AvgIpc) is 3.04. The van der Waals surface area contributed by atoms with Crippen LogP contribution in [0.25, 0.3) is 11.3 Å². The zero-order valence-electron chi connectivity index (χ0n) is 15.2. The molecule has 5 nitrogen and oxygen atoms in total. The van der Waals surface area contributed by atoms with E-state index in [2.05, 4.69) is 27.0 Å². The van der Waals surface area contributed by atoms with E-state index in [9.17, 15) is 13.2 Å². The van der Waals surface area contributed by atoms with Gasteiger partial charge in [-0.25, -0.2) is 0 Å². The van der Waals surface area contributed by atoms with Crippen molar-refractivity contribution < 1.29 is 17.9 Å². The molecule has 2 aliphatic heterocycles. The topological polar surface area (TPSA) is 44.4 Å². The van der Waals surface area contributed by atoms with E-state index in [1.54, 1.807) is 6.20 Å². The van der Waals surface area contributed by atoms with Crippen LogP contribution in [0.2, 0.25) is 0 Å². The lowest BCUT2D eigenvalue weighted by atomic mass is 9.94. The molecule has 1 N–H and O–H groups in total. The zero-order valence-corrected chi connectivity index (χ0v) is 15.2. The molecule has 0 aliphatic carbocycles. The lowest BCUT2D eigenvalue weighted by Crippen LogP contribution is -2.57. The summed E-state index contributed by atoms with van der Waals surface area (Å²) < 4.78 is 43.7. The highest BCUT2D eigenvalue weighted by molar-refractivity contribution is 5.63. The Morgan fingerprint density at radius 1 is 1.19 bits per heavy atom. The highest BCUT2D eigenvalue weighted by Gasteiger charge is 2.35. The van der Waals surface area contributed by atoms with E-state index in [0.29, 0.717) is 17.5 Å². The molecule has 1 unspecified atom stereocenters. The standard InChI is InChI=1S/C19H23F3N4O/c1-25-6-7-26(10-17(25)15-11-27-12-15)9-14-8-23-24-18(14)13-2-4-16(5-3-13)19(20,21)22/h2-5,8,15,17H,6-7,9-12H2,1H3,(H,23,24). The number of halogens is 3. The fourth-order valence-corrected chi connectivity index (χ4v) is 3.84. The molecule has 1 aromatic heterocycles. The number of likely N-dealkylation sites (N-methyl/N-ethyl adjacent to an activating group) is 1. The number of aromatic amines is 1. The van der Waals surface area contributed by atoms with Gasteiger partial charge in [-0.3, -0.25) is 10.00 Å². The van der Waals surface area contributed by atoms with E-state index in [1.807, 2.05) is 0 Å². The first-order chi connectivity index (χ1) is 12.9. The molecular formula is C19H23F3N4O. The van der Waals surface area contributed by atoms with Crippen LogP contribution < -0.4 is 0 Å². The number of benzene rings is 1. The van der Waals surface area contributed by atoms with Crippen LogP contribution >= 0.6 is 0 Å². The first-order valence-electron chi connectivity index (χ1n) is 9.12. The van der Waals surface area contributed by atoms with E-state index < -0.39 is 11.7 Å². The molecule has 3 heterocycles. The van der Waals surface area contributed by atoms with Crippen molar-refractivity contribution in [2.24, 2.45) is 5.92 Å². The van der Waals surface area contributed by atoms with E-state index in [-0.39, 0.29) is 0 Å². The number of rotatable bonds is 4. The third-order valence-electron chi connectivity index (χ3n) is 5.60. The SMILES string of the molecule is CN1CCN(Cc2cn[nH]c2-c2ccc(C(F)(F)F)cc2)CC1C1COC1. The molecule has 0 radical (unpaired) electrons. The third kappa shape index (κ3) is 3.88. The maximum Gasteiger partial charge on any atom is 0.416 e. The summed E-state index contributed by atoms with van der Waals surface area (Å²) in [5, 5.41) is 7.07. The predicted molar refractivity (Wildman–Crippen MR) is 95.0 cm³/mol. The quantitative estimate of drug-likeness (QED) is 0.886. The highest BCUT2D eigenvalue weighted by atomic mass is 19.4. The Bertz CT molecular complexity index is 768. The minimum atomic E-state index is -4.32. The fourth-order valence-electron chi connectivity index (χ4n) is 3.84. The molecule has 2 aliphatic rings. The van der Waals surface area contributed by atoms with Crippen molar-refractivity contribution in [2.45, 2.75) is 18.8 Å². The number of ether oxygens (including phenoxy) is 1. The number of nitrogens with zero attached hydrogens (tertiary/aromatic N) is 3. The Balaban J connectivity index is 1.47. The van der Waals surface area contributed by atoms with Crippen molar-refractivity contribution in [2.75, 3.05) is 39.9 Å². The second-order valence-electron chi connectivity index (χ2n) is 7.43. The van der Waals surface area contributed by atoms with Crippen molar-refractivity contribution in [1.82, 2.24) is 20.0 Å². The first-order valence-corrected chi connectivity index (χ1v) is 9.12. The van der Waals surface area contributed by atoms with Gasteiger partial charge in [0.25, 0.3) is 0 Å². The van der Waals surface area contributed by atoms with Crippen molar-refractivity contribution in [3.63, 3.8) is 0 Å². The van der Waals surface area contributed by atoms with Gasteiger partial charge in [0.2, 0.25) is 0 Å². The van der Waals surface area contributed by atoms with Crippen LogP contribution in [0.3, 0.4) is 0 Å². The second kappa shape index (κ2) is 7.26. The Hall–Kier alpha value is -1.90. The normalized spacial score (nSPS) is 22.7. The van der Waals surface area contributed by atoms with Gasteiger partial charge in [-0.2, -0.15) is 18.3 Å². The lowest BCUT2D eigenvalue weighted by molar-refractivity contribution is -0.137. The van der Waals surface area contributed by atoms with Crippen LogP contribution in [0.1, 0.15) is 11.1 Å². The van der Waals surface area contributed by atoms with Crippen LogP contribution in [-0.2, 0) is 17.5 Å². The van der Waals surface area contributed by atoms with Crippen LogP contribution in [0, 0.1) is 5.92 Å². The maximum absolute atomic E-state index is 12.8. The summed E-state index contributed by atoms with van der Waals surface area (Å²) in [5.74, 6) is 0.580.